The van der Waals surface area contributed by atoms with E-state index in [4.69, 9.17) is 22.1 Å². The van der Waals surface area contributed by atoms with Crippen LogP contribution in [0, 0.1) is 11.6 Å². The Morgan fingerprint density at radius 2 is 1.96 bits per heavy atom. The van der Waals surface area contributed by atoms with Crippen LogP contribution in [0.15, 0.2) is 42.9 Å². The summed E-state index contributed by atoms with van der Waals surface area (Å²) in [6.45, 7) is 0. The maximum absolute atomic E-state index is 14.1. The van der Waals surface area contributed by atoms with Gasteiger partial charge in [0.05, 0.1) is 19.0 Å². The lowest BCUT2D eigenvalue weighted by molar-refractivity contribution is 0.411. The monoisotopic (exact) mass is 376 g/mol. The Morgan fingerprint density at radius 1 is 1.15 bits per heavy atom. The number of methoxy groups -OCH3 is 1. The minimum Gasteiger partial charge on any atom is -0.494 e. The summed E-state index contributed by atoms with van der Waals surface area (Å²) in [4.78, 5) is 7.83. The number of halogens is 3. The van der Waals surface area contributed by atoms with E-state index < -0.39 is 11.6 Å². The zero-order chi connectivity index (χ0) is 18.7. The van der Waals surface area contributed by atoms with E-state index in [-0.39, 0.29) is 22.9 Å². The summed E-state index contributed by atoms with van der Waals surface area (Å²) >= 11 is 5.77. The second kappa shape index (κ2) is 7.53. The summed E-state index contributed by atoms with van der Waals surface area (Å²) in [5.74, 6) is -0.856. The molecule has 26 heavy (non-hydrogen) atoms. The number of nitrogens with zero attached hydrogens (tertiary/aromatic N) is 2. The van der Waals surface area contributed by atoms with Crippen LogP contribution in [0.25, 0.3) is 0 Å². The molecule has 2 heterocycles. The number of rotatable bonds is 5. The van der Waals surface area contributed by atoms with Crippen molar-refractivity contribution in [3.63, 3.8) is 0 Å². The van der Waals surface area contributed by atoms with Crippen molar-refractivity contribution in [3.8, 4) is 5.75 Å². The summed E-state index contributed by atoms with van der Waals surface area (Å²) in [5, 5.41) is 3.21. The van der Waals surface area contributed by atoms with Crippen molar-refractivity contribution >= 4 is 28.8 Å². The van der Waals surface area contributed by atoms with E-state index in [1.807, 2.05) is 0 Å². The lowest BCUT2D eigenvalue weighted by atomic mass is 10.1. The topological polar surface area (TPSA) is 73.1 Å². The van der Waals surface area contributed by atoms with Gasteiger partial charge in [0.1, 0.15) is 17.3 Å². The molecule has 0 aliphatic carbocycles. The van der Waals surface area contributed by atoms with E-state index in [2.05, 4.69) is 15.3 Å². The van der Waals surface area contributed by atoms with Crippen LogP contribution >= 0.6 is 11.6 Å². The van der Waals surface area contributed by atoms with Crippen molar-refractivity contribution in [1.29, 1.82) is 0 Å². The van der Waals surface area contributed by atoms with Crippen molar-refractivity contribution < 1.29 is 13.5 Å². The number of anilines is 3. The van der Waals surface area contributed by atoms with Crippen molar-refractivity contribution in [1.82, 2.24) is 9.97 Å². The van der Waals surface area contributed by atoms with Crippen LogP contribution in [-0.2, 0) is 6.42 Å². The number of nitrogen functional groups attached to an aromatic ring is 1. The smallest absolute Gasteiger partial charge is 0.168 e. The van der Waals surface area contributed by atoms with Gasteiger partial charge >= 0.3 is 0 Å². The number of hydrogen-bond donors (Lipinski definition) is 2. The van der Waals surface area contributed by atoms with E-state index in [1.54, 1.807) is 12.3 Å². The van der Waals surface area contributed by atoms with Gasteiger partial charge in [0.2, 0.25) is 0 Å². The summed E-state index contributed by atoms with van der Waals surface area (Å²) in [6, 6.07) is 5.80. The molecule has 0 atom stereocenters. The predicted molar refractivity (Wildman–Crippen MR) is 96.9 cm³/mol. The number of nitrogens with one attached hydrogen (secondary N) is 1. The van der Waals surface area contributed by atoms with Crippen LogP contribution in [0.1, 0.15) is 11.1 Å². The van der Waals surface area contributed by atoms with Crippen LogP contribution in [0.4, 0.5) is 26.0 Å². The van der Waals surface area contributed by atoms with E-state index in [1.165, 1.54) is 37.7 Å². The molecule has 3 aromatic rings. The molecule has 3 N–H and O–H groups in total. The number of nitrogens with two attached hydrogens (primary N) is 1. The molecule has 0 spiro atoms. The highest BCUT2D eigenvalue weighted by Gasteiger charge is 2.15. The Kier molecular flexibility index (Phi) is 5.18. The molecule has 2 aromatic heterocycles. The molecule has 0 unspecified atom stereocenters. The van der Waals surface area contributed by atoms with Crippen LogP contribution in [0.2, 0.25) is 5.02 Å². The zero-order valence-corrected chi connectivity index (χ0v) is 14.5. The molecule has 3 rings (SSSR count). The Hall–Kier alpha value is -2.93. The minimum atomic E-state index is -0.586. The quantitative estimate of drug-likeness (QED) is 0.693. The highest BCUT2D eigenvalue weighted by atomic mass is 35.5. The van der Waals surface area contributed by atoms with Crippen LogP contribution in [-0.4, -0.2) is 17.1 Å². The molecule has 0 aliphatic rings. The molecule has 8 heteroatoms. The highest BCUT2D eigenvalue weighted by molar-refractivity contribution is 6.30. The summed E-state index contributed by atoms with van der Waals surface area (Å²) < 4.78 is 33.6. The molecule has 134 valence electrons. The average molecular weight is 377 g/mol. The molecule has 0 bridgehead atoms. The number of ether oxygens (including phenoxy) is 1. The van der Waals surface area contributed by atoms with E-state index in [9.17, 15) is 8.78 Å². The second-order valence-corrected chi connectivity index (χ2v) is 5.91. The third kappa shape index (κ3) is 3.67. The fourth-order valence-corrected chi connectivity index (χ4v) is 2.69. The zero-order valence-electron chi connectivity index (χ0n) is 13.8. The average Bonchev–Trinajstić information content (AvgIpc) is 2.61. The Balaban J connectivity index is 1.96. The molecular weight excluding hydrogens is 362 g/mol. The van der Waals surface area contributed by atoms with E-state index in [0.717, 1.165) is 0 Å². The molecule has 1 aromatic carbocycles. The third-order valence-electron chi connectivity index (χ3n) is 3.75. The number of hydrogen-bond acceptors (Lipinski definition) is 5. The van der Waals surface area contributed by atoms with E-state index >= 15 is 0 Å². The maximum atomic E-state index is 14.1. The van der Waals surface area contributed by atoms with Gasteiger partial charge in [-0.3, -0.25) is 4.98 Å². The van der Waals surface area contributed by atoms with Crippen molar-refractivity contribution in [2.75, 3.05) is 18.2 Å². The summed E-state index contributed by atoms with van der Waals surface area (Å²) in [6.07, 6.45) is 4.66. The minimum absolute atomic E-state index is 0.174. The maximum Gasteiger partial charge on any atom is 0.168 e. The largest absolute Gasteiger partial charge is 0.494 e. The lowest BCUT2D eigenvalue weighted by Gasteiger charge is -2.15. The molecule has 0 amide bonds. The van der Waals surface area contributed by atoms with Gasteiger partial charge in [0.15, 0.2) is 11.6 Å². The first-order chi connectivity index (χ1) is 12.5. The first-order valence-electron chi connectivity index (χ1n) is 7.61. The van der Waals surface area contributed by atoms with Gasteiger partial charge in [-0.15, -0.1) is 0 Å². The Bertz CT molecular complexity index is 952. The van der Waals surface area contributed by atoms with Gasteiger partial charge in [-0.2, -0.15) is 0 Å². The lowest BCUT2D eigenvalue weighted by Crippen LogP contribution is -2.04. The number of pyridine rings is 2. The first kappa shape index (κ1) is 17.9. The molecular formula is C18H15ClF2N4O. The van der Waals surface area contributed by atoms with Gasteiger partial charge in [0, 0.05) is 29.4 Å². The molecule has 5 nitrogen and oxygen atoms in total. The van der Waals surface area contributed by atoms with Gasteiger partial charge in [0.25, 0.3) is 0 Å². The SMILES string of the molecule is COc1c(Cc2ccnc(N)c2F)cncc1Nc1ccc(Cl)cc1F. The molecule has 0 saturated heterocycles. The van der Waals surface area contributed by atoms with Gasteiger partial charge in [-0.25, -0.2) is 13.8 Å². The molecule has 0 aliphatic heterocycles. The van der Waals surface area contributed by atoms with Crippen molar-refractivity contribution in [2.45, 2.75) is 6.42 Å². The van der Waals surface area contributed by atoms with Gasteiger partial charge in [-0.05, 0) is 29.8 Å². The second-order valence-electron chi connectivity index (χ2n) is 5.47. The van der Waals surface area contributed by atoms with Crippen LogP contribution in [0.5, 0.6) is 5.75 Å². The van der Waals surface area contributed by atoms with Gasteiger partial charge in [-0.1, -0.05) is 11.6 Å². The molecule has 0 radical (unpaired) electrons. The molecule has 0 saturated carbocycles. The Morgan fingerprint density at radius 3 is 2.69 bits per heavy atom. The fourth-order valence-electron chi connectivity index (χ4n) is 2.53. The predicted octanol–water partition coefficient (Wildman–Crippen LogP) is 4.33. The summed E-state index contributed by atoms with van der Waals surface area (Å²) in [5.41, 5.74) is 7.12. The van der Waals surface area contributed by atoms with E-state index in [0.29, 0.717) is 22.6 Å². The first-order valence-corrected chi connectivity index (χ1v) is 7.99. The van der Waals surface area contributed by atoms with Crippen LogP contribution < -0.4 is 15.8 Å². The van der Waals surface area contributed by atoms with Crippen LogP contribution in [0.3, 0.4) is 0 Å². The number of benzene rings is 1. The molecule has 0 fully saturated rings. The number of aromatic nitrogens is 2. The third-order valence-corrected chi connectivity index (χ3v) is 3.99. The Labute approximate surface area is 153 Å². The highest BCUT2D eigenvalue weighted by Crippen LogP contribution is 2.33. The normalized spacial score (nSPS) is 10.6. The van der Waals surface area contributed by atoms with Gasteiger partial charge < -0.3 is 15.8 Å². The standard InChI is InChI=1S/C18H15ClF2N4O/c1-26-17-11(6-10-4-5-24-18(22)16(10)21)8-23-9-15(17)25-14-3-2-12(19)7-13(14)20/h2-5,7-9,25H,6H2,1H3,(H2,22,24). The van der Waals surface area contributed by atoms with Crippen molar-refractivity contribution in [2.24, 2.45) is 0 Å². The summed E-state index contributed by atoms with van der Waals surface area (Å²) in [7, 11) is 1.47. The van der Waals surface area contributed by atoms with Crippen molar-refractivity contribution in [3.05, 3.63) is 70.6 Å². The fraction of sp³-hybridized carbons (Fsp3) is 0.111.